The van der Waals surface area contributed by atoms with Gasteiger partial charge in [0.2, 0.25) is 0 Å². The lowest BCUT2D eigenvalue weighted by atomic mass is 9.95. The summed E-state index contributed by atoms with van der Waals surface area (Å²) in [4.78, 5) is 0. The molecule has 0 aliphatic carbocycles. The van der Waals surface area contributed by atoms with Gasteiger partial charge in [-0.05, 0) is 19.4 Å². The zero-order valence-corrected chi connectivity index (χ0v) is 9.18. The van der Waals surface area contributed by atoms with Crippen LogP contribution in [0.15, 0.2) is 30.3 Å². The van der Waals surface area contributed by atoms with Gasteiger partial charge < -0.3 is 14.9 Å². The molecule has 0 amide bonds. The van der Waals surface area contributed by atoms with Crippen LogP contribution in [0.1, 0.15) is 19.4 Å². The first kappa shape index (κ1) is 12.2. The van der Waals surface area contributed by atoms with Gasteiger partial charge in [-0.15, -0.1) is 0 Å². The molecule has 2 N–H and O–H groups in total. The molecule has 1 aromatic rings. The van der Waals surface area contributed by atoms with Crippen LogP contribution in [0, 0.1) is 0 Å². The maximum atomic E-state index is 9.39. The van der Waals surface area contributed by atoms with E-state index in [4.69, 9.17) is 4.74 Å². The lowest BCUT2D eigenvalue weighted by molar-refractivity contribution is -0.139. The van der Waals surface area contributed by atoms with E-state index in [0.717, 1.165) is 5.56 Å². The number of aliphatic hydroxyl groups is 2. The molecule has 3 nitrogen and oxygen atoms in total. The SMILES string of the molecule is CC(C)OC(CO)(CO)c1ccccc1. The van der Waals surface area contributed by atoms with Crippen molar-refractivity contribution in [1.29, 1.82) is 0 Å². The molecule has 3 heteroatoms. The summed E-state index contributed by atoms with van der Waals surface area (Å²) in [5, 5.41) is 18.8. The maximum Gasteiger partial charge on any atom is 0.139 e. The summed E-state index contributed by atoms with van der Waals surface area (Å²) in [6, 6.07) is 9.29. The largest absolute Gasteiger partial charge is 0.393 e. The molecule has 15 heavy (non-hydrogen) atoms. The highest BCUT2D eigenvalue weighted by molar-refractivity contribution is 5.23. The average Bonchev–Trinajstić information content (AvgIpc) is 2.27. The minimum absolute atomic E-state index is 0.0514. The van der Waals surface area contributed by atoms with Crippen molar-refractivity contribution in [3.05, 3.63) is 35.9 Å². The molecule has 0 fully saturated rings. The Morgan fingerprint density at radius 3 is 2.07 bits per heavy atom. The molecule has 0 aromatic heterocycles. The number of aliphatic hydroxyl groups excluding tert-OH is 2. The van der Waals surface area contributed by atoms with Gasteiger partial charge in [0.05, 0.1) is 19.3 Å². The van der Waals surface area contributed by atoms with E-state index < -0.39 is 5.60 Å². The first-order chi connectivity index (χ1) is 7.14. The first-order valence-electron chi connectivity index (χ1n) is 5.09. The van der Waals surface area contributed by atoms with Gasteiger partial charge in [-0.3, -0.25) is 0 Å². The quantitative estimate of drug-likeness (QED) is 0.770. The second kappa shape index (κ2) is 5.26. The van der Waals surface area contributed by atoms with Crippen molar-refractivity contribution in [2.45, 2.75) is 25.6 Å². The summed E-state index contributed by atoms with van der Waals surface area (Å²) in [6.07, 6.45) is -0.0514. The molecule has 0 spiro atoms. The molecule has 1 aromatic carbocycles. The molecule has 0 atom stereocenters. The molecule has 0 aliphatic heterocycles. The fourth-order valence-corrected chi connectivity index (χ4v) is 1.57. The van der Waals surface area contributed by atoms with Crippen LogP contribution in [-0.2, 0) is 10.3 Å². The second-order valence-corrected chi connectivity index (χ2v) is 3.84. The van der Waals surface area contributed by atoms with Crippen LogP contribution in [0.2, 0.25) is 0 Å². The highest BCUT2D eigenvalue weighted by atomic mass is 16.5. The van der Waals surface area contributed by atoms with E-state index in [0.29, 0.717) is 0 Å². The van der Waals surface area contributed by atoms with E-state index in [-0.39, 0.29) is 19.3 Å². The van der Waals surface area contributed by atoms with Gasteiger partial charge in [0.1, 0.15) is 5.60 Å². The summed E-state index contributed by atoms with van der Waals surface area (Å²) in [6.45, 7) is 3.30. The predicted octanol–water partition coefficient (Wildman–Crippen LogP) is 1.29. The average molecular weight is 210 g/mol. The van der Waals surface area contributed by atoms with Crippen LogP contribution >= 0.6 is 0 Å². The van der Waals surface area contributed by atoms with Gasteiger partial charge in [0.25, 0.3) is 0 Å². The molecular formula is C12H18O3. The molecule has 0 saturated carbocycles. The number of hydrogen-bond donors (Lipinski definition) is 2. The Hall–Kier alpha value is -0.900. The van der Waals surface area contributed by atoms with E-state index in [1.165, 1.54) is 0 Å². The van der Waals surface area contributed by atoms with Crippen LogP contribution in [0.5, 0.6) is 0 Å². The monoisotopic (exact) mass is 210 g/mol. The minimum atomic E-state index is -0.991. The molecule has 0 heterocycles. The van der Waals surface area contributed by atoms with E-state index in [1.807, 2.05) is 44.2 Å². The molecule has 84 valence electrons. The first-order valence-corrected chi connectivity index (χ1v) is 5.09. The van der Waals surface area contributed by atoms with Crippen LogP contribution < -0.4 is 0 Å². The highest BCUT2D eigenvalue weighted by Crippen LogP contribution is 2.26. The van der Waals surface area contributed by atoms with Gasteiger partial charge >= 0.3 is 0 Å². The topological polar surface area (TPSA) is 49.7 Å². The second-order valence-electron chi connectivity index (χ2n) is 3.84. The fourth-order valence-electron chi connectivity index (χ4n) is 1.57. The van der Waals surface area contributed by atoms with Crippen molar-refractivity contribution in [2.24, 2.45) is 0 Å². The van der Waals surface area contributed by atoms with Crippen molar-refractivity contribution in [3.63, 3.8) is 0 Å². The van der Waals surface area contributed by atoms with Crippen molar-refractivity contribution < 1.29 is 14.9 Å². The third-order valence-corrected chi connectivity index (χ3v) is 2.27. The molecular weight excluding hydrogens is 192 g/mol. The van der Waals surface area contributed by atoms with Crippen LogP contribution in [0.3, 0.4) is 0 Å². The number of benzene rings is 1. The Morgan fingerprint density at radius 1 is 1.13 bits per heavy atom. The minimum Gasteiger partial charge on any atom is -0.393 e. The Bertz CT molecular complexity index is 278. The summed E-state index contributed by atoms with van der Waals surface area (Å²) >= 11 is 0. The van der Waals surface area contributed by atoms with Crippen LogP contribution in [0.25, 0.3) is 0 Å². The van der Waals surface area contributed by atoms with Crippen molar-refractivity contribution in [1.82, 2.24) is 0 Å². The standard InChI is InChI=1S/C12H18O3/c1-10(2)15-12(8-13,9-14)11-6-4-3-5-7-11/h3-7,10,13-14H,8-9H2,1-2H3. The predicted molar refractivity (Wildman–Crippen MR) is 58.5 cm³/mol. The van der Waals surface area contributed by atoms with E-state index in [9.17, 15) is 10.2 Å². The summed E-state index contributed by atoms with van der Waals surface area (Å²) < 4.78 is 5.62. The van der Waals surface area contributed by atoms with E-state index in [1.54, 1.807) is 0 Å². The van der Waals surface area contributed by atoms with Gasteiger partial charge in [-0.1, -0.05) is 30.3 Å². The van der Waals surface area contributed by atoms with Crippen LogP contribution in [-0.4, -0.2) is 29.5 Å². The van der Waals surface area contributed by atoms with Gasteiger partial charge in [-0.2, -0.15) is 0 Å². The van der Waals surface area contributed by atoms with Gasteiger partial charge in [0, 0.05) is 0 Å². The number of hydrogen-bond acceptors (Lipinski definition) is 3. The third-order valence-electron chi connectivity index (χ3n) is 2.27. The van der Waals surface area contributed by atoms with Crippen molar-refractivity contribution in [2.75, 3.05) is 13.2 Å². The third kappa shape index (κ3) is 2.78. The maximum absolute atomic E-state index is 9.39. The van der Waals surface area contributed by atoms with E-state index >= 15 is 0 Å². The molecule has 1 rings (SSSR count). The summed E-state index contributed by atoms with van der Waals surface area (Å²) in [5.74, 6) is 0. The summed E-state index contributed by atoms with van der Waals surface area (Å²) in [5.41, 5.74) is -0.196. The zero-order chi connectivity index (χ0) is 11.3. The van der Waals surface area contributed by atoms with E-state index in [2.05, 4.69) is 0 Å². The Labute approximate surface area is 90.3 Å². The Kier molecular flexibility index (Phi) is 4.27. The van der Waals surface area contributed by atoms with Crippen LogP contribution in [0.4, 0.5) is 0 Å². The summed E-state index contributed by atoms with van der Waals surface area (Å²) in [7, 11) is 0. The Morgan fingerprint density at radius 2 is 1.67 bits per heavy atom. The Balaban J connectivity index is 3.00. The highest BCUT2D eigenvalue weighted by Gasteiger charge is 2.32. The fraction of sp³-hybridized carbons (Fsp3) is 0.500. The lowest BCUT2D eigenvalue weighted by Gasteiger charge is -2.32. The zero-order valence-electron chi connectivity index (χ0n) is 9.18. The molecule has 0 saturated heterocycles. The van der Waals surface area contributed by atoms with Crippen molar-refractivity contribution >= 4 is 0 Å². The van der Waals surface area contributed by atoms with Crippen molar-refractivity contribution in [3.8, 4) is 0 Å². The molecule has 0 bridgehead atoms. The molecule has 0 aliphatic rings. The lowest BCUT2D eigenvalue weighted by Crippen LogP contribution is -2.40. The normalized spacial score (nSPS) is 12.1. The number of ether oxygens (including phenoxy) is 1. The van der Waals surface area contributed by atoms with Gasteiger partial charge in [-0.25, -0.2) is 0 Å². The molecule has 0 radical (unpaired) electrons. The number of rotatable bonds is 5. The van der Waals surface area contributed by atoms with Gasteiger partial charge in [0.15, 0.2) is 0 Å². The smallest absolute Gasteiger partial charge is 0.139 e. The molecule has 0 unspecified atom stereocenters.